The molecule has 0 aliphatic heterocycles. The predicted octanol–water partition coefficient (Wildman–Crippen LogP) is 3.57. The Morgan fingerprint density at radius 3 is 2.27 bits per heavy atom. The highest BCUT2D eigenvalue weighted by atomic mass is 32.2. The molecule has 7 heteroatoms. The molecule has 0 aliphatic rings. The van der Waals surface area contributed by atoms with Crippen LogP contribution in [0.15, 0.2) is 88.9 Å². The van der Waals surface area contributed by atoms with Gasteiger partial charge in [-0.3, -0.25) is 5.43 Å². The first-order valence-electron chi connectivity index (χ1n) is 7.76. The largest absolute Gasteiger partial charge is 0.457 e. The first-order valence-corrected chi connectivity index (χ1v) is 9.30. The second-order valence-electron chi connectivity index (χ2n) is 5.43. The van der Waals surface area contributed by atoms with Crippen molar-refractivity contribution >= 4 is 21.9 Å². The Kier molecular flexibility index (Phi) is 5.31. The van der Waals surface area contributed by atoms with Crippen molar-refractivity contribution in [1.82, 2.24) is 0 Å². The van der Waals surface area contributed by atoms with E-state index in [4.69, 9.17) is 9.88 Å². The molecule has 132 valence electrons. The molecule has 0 heterocycles. The van der Waals surface area contributed by atoms with Crippen molar-refractivity contribution in [1.29, 1.82) is 0 Å². The lowest BCUT2D eigenvalue weighted by atomic mass is 10.2. The van der Waals surface area contributed by atoms with Crippen molar-refractivity contribution in [2.45, 2.75) is 4.90 Å². The number of ether oxygens (including phenoxy) is 1. The number of hydrazone groups is 1. The zero-order valence-corrected chi connectivity index (χ0v) is 14.6. The molecule has 3 rings (SSSR count). The van der Waals surface area contributed by atoms with Crippen molar-refractivity contribution < 1.29 is 13.2 Å². The fourth-order valence-corrected chi connectivity index (χ4v) is 2.70. The fraction of sp³-hybridized carbons (Fsp3) is 0. The Labute approximate surface area is 152 Å². The summed E-state index contributed by atoms with van der Waals surface area (Å²) in [6, 6.07) is 23.0. The minimum Gasteiger partial charge on any atom is -0.457 e. The van der Waals surface area contributed by atoms with E-state index in [-0.39, 0.29) is 4.90 Å². The van der Waals surface area contributed by atoms with Crippen molar-refractivity contribution in [3.8, 4) is 11.5 Å². The van der Waals surface area contributed by atoms with Crippen molar-refractivity contribution in [3.05, 3.63) is 84.4 Å². The molecule has 0 radical (unpaired) electrons. The Bertz CT molecular complexity index is 1000. The molecule has 0 amide bonds. The summed E-state index contributed by atoms with van der Waals surface area (Å²) in [5.74, 6) is 1.47. The smallest absolute Gasteiger partial charge is 0.238 e. The summed E-state index contributed by atoms with van der Waals surface area (Å²) in [4.78, 5) is 0.0535. The van der Waals surface area contributed by atoms with E-state index < -0.39 is 10.0 Å². The minimum absolute atomic E-state index is 0.0535. The van der Waals surface area contributed by atoms with Gasteiger partial charge in [-0.05, 0) is 54.1 Å². The predicted molar refractivity (Wildman–Crippen MR) is 102 cm³/mol. The van der Waals surface area contributed by atoms with E-state index in [1.165, 1.54) is 12.1 Å². The molecule has 0 unspecified atom stereocenters. The summed E-state index contributed by atoms with van der Waals surface area (Å²) in [5.41, 5.74) is 4.33. The van der Waals surface area contributed by atoms with Gasteiger partial charge in [0.15, 0.2) is 0 Å². The van der Waals surface area contributed by atoms with Crippen LogP contribution in [0, 0.1) is 0 Å². The fourth-order valence-electron chi connectivity index (χ4n) is 2.18. The van der Waals surface area contributed by atoms with Crippen LogP contribution in [0.3, 0.4) is 0 Å². The molecule has 0 atom stereocenters. The highest BCUT2D eigenvalue weighted by Crippen LogP contribution is 2.21. The molecule has 3 aromatic rings. The molecule has 3 N–H and O–H groups in total. The van der Waals surface area contributed by atoms with Gasteiger partial charge in [0.2, 0.25) is 10.0 Å². The van der Waals surface area contributed by atoms with Gasteiger partial charge in [0, 0.05) is 0 Å². The Morgan fingerprint density at radius 2 is 1.58 bits per heavy atom. The molecule has 0 aliphatic carbocycles. The Hall–Kier alpha value is -3.16. The molecule has 0 saturated heterocycles. The van der Waals surface area contributed by atoms with Crippen LogP contribution in [0.5, 0.6) is 11.5 Å². The number of nitrogens with one attached hydrogen (secondary N) is 1. The Balaban J connectivity index is 1.64. The van der Waals surface area contributed by atoms with E-state index in [0.29, 0.717) is 11.4 Å². The van der Waals surface area contributed by atoms with Crippen molar-refractivity contribution in [2.24, 2.45) is 10.2 Å². The third kappa shape index (κ3) is 4.92. The molecule has 0 saturated carbocycles. The SMILES string of the molecule is NS(=O)(=O)c1ccc(N/N=C/c2cccc(Oc3ccccc3)c2)cc1. The summed E-state index contributed by atoms with van der Waals surface area (Å²) >= 11 is 0. The normalized spacial score (nSPS) is 11.4. The number of anilines is 1. The van der Waals surface area contributed by atoms with Gasteiger partial charge < -0.3 is 4.74 Å². The van der Waals surface area contributed by atoms with E-state index in [1.807, 2.05) is 54.6 Å². The highest BCUT2D eigenvalue weighted by molar-refractivity contribution is 7.89. The first kappa shape index (κ1) is 17.7. The molecule has 0 fully saturated rings. The lowest BCUT2D eigenvalue weighted by Gasteiger charge is -2.06. The van der Waals surface area contributed by atoms with Crippen LogP contribution in [0.2, 0.25) is 0 Å². The second-order valence-corrected chi connectivity index (χ2v) is 6.99. The molecule has 3 aromatic carbocycles. The van der Waals surface area contributed by atoms with Crippen LogP contribution < -0.4 is 15.3 Å². The number of sulfonamides is 1. The summed E-state index contributed by atoms with van der Waals surface area (Å²) < 4.78 is 28.2. The second kappa shape index (κ2) is 7.81. The van der Waals surface area contributed by atoms with E-state index in [0.717, 1.165) is 11.3 Å². The van der Waals surface area contributed by atoms with E-state index in [9.17, 15) is 8.42 Å². The van der Waals surface area contributed by atoms with Gasteiger partial charge >= 0.3 is 0 Å². The molecular weight excluding hydrogens is 350 g/mol. The van der Waals surface area contributed by atoms with Gasteiger partial charge in [-0.2, -0.15) is 5.10 Å². The molecule has 0 aromatic heterocycles. The van der Waals surface area contributed by atoms with Crippen molar-refractivity contribution in [3.63, 3.8) is 0 Å². The van der Waals surface area contributed by atoms with E-state index >= 15 is 0 Å². The third-order valence-electron chi connectivity index (χ3n) is 3.43. The summed E-state index contributed by atoms with van der Waals surface area (Å²) in [6.45, 7) is 0. The first-order chi connectivity index (χ1) is 12.5. The quantitative estimate of drug-likeness (QED) is 0.514. The number of rotatable bonds is 6. The average molecular weight is 367 g/mol. The zero-order valence-electron chi connectivity index (χ0n) is 13.7. The zero-order chi connectivity index (χ0) is 18.4. The van der Waals surface area contributed by atoms with Crippen LogP contribution in [-0.2, 0) is 10.0 Å². The standard InChI is InChI=1S/C19H17N3O3S/c20-26(23,24)19-11-9-16(10-12-19)22-21-14-15-5-4-8-18(13-15)25-17-6-2-1-3-7-17/h1-14,22H,(H2,20,23,24)/b21-14+. The van der Waals surface area contributed by atoms with Crippen LogP contribution in [-0.4, -0.2) is 14.6 Å². The average Bonchev–Trinajstić information content (AvgIpc) is 2.63. The van der Waals surface area contributed by atoms with Gasteiger partial charge in [-0.25, -0.2) is 13.6 Å². The van der Waals surface area contributed by atoms with Gasteiger partial charge in [-0.15, -0.1) is 0 Å². The number of benzene rings is 3. The molecule has 0 spiro atoms. The highest BCUT2D eigenvalue weighted by Gasteiger charge is 2.06. The van der Waals surface area contributed by atoms with Crippen LogP contribution in [0.4, 0.5) is 5.69 Å². The van der Waals surface area contributed by atoms with Crippen LogP contribution in [0.1, 0.15) is 5.56 Å². The summed E-state index contributed by atoms with van der Waals surface area (Å²) in [5, 5.41) is 9.20. The maximum Gasteiger partial charge on any atom is 0.238 e. The number of nitrogens with zero attached hydrogens (tertiary/aromatic N) is 1. The topological polar surface area (TPSA) is 93.8 Å². The van der Waals surface area contributed by atoms with E-state index in [1.54, 1.807) is 18.3 Å². The third-order valence-corrected chi connectivity index (χ3v) is 4.36. The van der Waals surface area contributed by atoms with Crippen molar-refractivity contribution in [2.75, 3.05) is 5.43 Å². The number of hydrogen-bond acceptors (Lipinski definition) is 5. The van der Waals surface area contributed by atoms with Gasteiger partial charge in [-0.1, -0.05) is 30.3 Å². The monoisotopic (exact) mass is 367 g/mol. The van der Waals surface area contributed by atoms with E-state index in [2.05, 4.69) is 10.5 Å². The lowest BCUT2D eigenvalue weighted by molar-refractivity contribution is 0.482. The summed E-state index contributed by atoms with van der Waals surface area (Å²) in [6.07, 6.45) is 1.64. The van der Waals surface area contributed by atoms with Gasteiger partial charge in [0.05, 0.1) is 16.8 Å². The molecule has 6 nitrogen and oxygen atoms in total. The maximum atomic E-state index is 11.2. The molecule has 0 bridgehead atoms. The Morgan fingerprint density at radius 1 is 0.885 bits per heavy atom. The number of para-hydroxylation sites is 1. The maximum absolute atomic E-state index is 11.2. The molecule has 26 heavy (non-hydrogen) atoms. The van der Waals surface area contributed by atoms with Crippen LogP contribution in [0.25, 0.3) is 0 Å². The summed E-state index contributed by atoms with van der Waals surface area (Å²) in [7, 11) is -3.69. The lowest BCUT2D eigenvalue weighted by Crippen LogP contribution is -2.11. The minimum atomic E-state index is -3.69. The van der Waals surface area contributed by atoms with Gasteiger partial charge in [0.25, 0.3) is 0 Å². The molecular formula is C19H17N3O3S. The number of primary sulfonamides is 1. The number of nitrogens with two attached hydrogens (primary N) is 1. The number of hydrogen-bond donors (Lipinski definition) is 2. The van der Waals surface area contributed by atoms with Gasteiger partial charge in [0.1, 0.15) is 11.5 Å². The van der Waals surface area contributed by atoms with Crippen LogP contribution >= 0.6 is 0 Å².